The van der Waals surface area contributed by atoms with Gasteiger partial charge in [-0.3, -0.25) is 19.3 Å². The van der Waals surface area contributed by atoms with Crippen LogP contribution in [0.2, 0.25) is 5.02 Å². The van der Waals surface area contributed by atoms with Crippen LogP contribution in [0.5, 0.6) is 5.75 Å². The molecule has 2 heterocycles. The van der Waals surface area contributed by atoms with E-state index in [9.17, 15) is 24.0 Å². The van der Waals surface area contributed by atoms with Crippen LogP contribution in [-0.4, -0.2) is 54.4 Å². The number of rotatable bonds is 10. The fraction of sp³-hybridized carbons (Fsp3) is 0.222. The number of nitrogens with zero attached hydrogens (tertiary/aromatic N) is 1. The van der Waals surface area contributed by atoms with E-state index in [0.717, 1.165) is 16.2 Å². The summed E-state index contributed by atoms with van der Waals surface area (Å²) in [6.45, 7) is 2.41. The number of benzene rings is 2. The van der Waals surface area contributed by atoms with Gasteiger partial charge >= 0.3 is 12.0 Å². The van der Waals surface area contributed by atoms with Gasteiger partial charge in [-0.1, -0.05) is 35.9 Å². The quantitative estimate of drug-likeness (QED) is 0.243. The standard InChI is InChI=1S/C27H25ClN4O7S/c1-3-38-24(35)22-19(15-4-8-17(28)9-5-15)14-40-23(22)30-21(34)12-32-25(36)27(2,31-26(32)37)16-6-10-18(11-7-16)39-13-20(29)33/h4-11,14H,3,12-13H2,1-2H3,(H2,29,33)(H,30,34)(H,31,37). The largest absolute Gasteiger partial charge is 0.484 e. The fourth-order valence-electron chi connectivity index (χ4n) is 4.08. The molecule has 208 valence electrons. The number of nitrogens with one attached hydrogen (secondary N) is 2. The number of primary amides is 1. The number of anilines is 1. The number of imide groups is 1. The van der Waals surface area contributed by atoms with Crippen LogP contribution in [-0.2, 0) is 24.7 Å². The Kier molecular flexibility index (Phi) is 8.40. The lowest BCUT2D eigenvalue weighted by molar-refractivity contribution is -0.133. The van der Waals surface area contributed by atoms with Crippen LogP contribution in [0.3, 0.4) is 0 Å². The van der Waals surface area contributed by atoms with E-state index < -0.39 is 41.8 Å². The highest BCUT2D eigenvalue weighted by molar-refractivity contribution is 7.15. The molecule has 1 unspecified atom stereocenters. The second kappa shape index (κ2) is 11.8. The molecular weight excluding hydrogens is 560 g/mol. The molecule has 1 fully saturated rings. The number of urea groups is 1. The van der Waals surface area contributed by atoms with Crippen molar-refractivity contribution in [1.29, 1.82) is 0 Å². The highest BCUT2D eigenvalue weighted by atomic mass is 35.5. The number of carbonyl (C=O) groups is 5. The third kappa shape index (κ3) is 5.92. The molecule has 40 heavy (non-hydrogen) atoms. The Morgan fingerprint density at radius 3 is 2.40 bits per heavy atom. The van der Waals surface area contributed by atoms with Crippen LogP contribution in [0.4, 0.5) is 9.80 Å². The van der Waals surface area contributed by atoms with Crippen molar-refractivity contribution in [3.05, 3.63) is 70.1 Å². The molecule has 1 aromatic heterocycles. The maximum atomic E-state index is 13.3. The lowest BCUT2D eigenvalue weighted by Crippen LogP contribution is -2.42. The van der Waals surface area contributed by atoms with E-state index in [1.54, 1.807) is 48.7 Å². The molecule has 1 saturated heterocycles. The molecule has 1 aliphatic rings. The minimum atomic E-state index is -1.44. The van der Waals surface area contributed by atoms with Crippen molar-refractivity contribution in [3.8, 4) is 16.9 Å². The summed E-state index contributed by atoms with van der Waals surface area (Å²) < 4.78 is 10.4. The third-order valence-corrected chi connectivity index (χ3v) is 7.22. The van der Waals surface area contributed by atoms with Crippen molar-refractivity contribution in [2.75, 3.05) is 25.1 Å². The number of hydrogen-bond donors (Lipinski definition) is 3. The van der Waals surface area contributed by atoms with Crippen molar-refractivity contribution in [2.45, 2.75) is 19.4 Å². The van der Waals surface area contributed by atoms with Gasteiger partial charge in [-0.15, -0.1) is 11.3 Å². The minimum Gasteiger partial charge on any atom is -0.484 e. The SMILES string of the molecule is CCOC(=O)c1c(-c2ccc(Cl)cc2)csc1NC(=O)CN1C(=O)NC(C)(c2ccc(OCC(N)=O)cc2)C1=O. The minimum absolute atomic E-state index is 0.126. The summed E-state index contributed by atoms with van der Waals surface area (Å²) in [5.41, 5.74) is 5.47. The summed E-state index contributed by atoms with van der Waals surface area (Å²) in [5, 5.41) is 7.71. The predicted octanol–water partition coefficient (Wildman–Crippen LogP) is 3.52. The Morgan fingerprint density at radius 1 is 1.10 bits per heavy atom. The Labute approximate surface area is 238 Å². The molecule has 0 bridgehead atoms. The van der Waals surface area contributed by atoms with Gasteiger partial charge in [0.2, 0.25) is 5.91 Å². The molecule has 2 aromatic carbocycles. The molecule has 13 heteroatoms. The number of carbonyl (C=O) groups excluding carboxylic acids is 5. The van der Waals surface area contributed by atoms with Crippen LogP contribution in [0.1, 0.15) is 29.8 Å². The first-order valence-electron chi connectivity index (χ1n) is 12.0. The molecule has 1 aliphatic heterocycles. The maximum absolute atomic E-state index is 13.3. The Bertz CT molecular complexity index is 1470. The van der Waals surface area contributed by atoms with Gasteiger partial charge in [-0.2, -0.15) is 0 Å². The molecule has 3 aromatic rings. The molecule has 0 aliphatic carbocycles. The van der Waals surface area contributed by atoms with Gasteiger partial charge in [0.25, 0.3) is 11.8 Å². The number of halogens is 1. The number of amides is 5. The topological polar surface area (TPSA) is 157 Å². The van der Waals surface area contributed by atoms with Crippen molar-refractivity contribution in [1.82, 2.24) is 10.2 Å². The monoisotopic (exact) mass is 584 g/mol. The fourth-order valence-corrected chi connectivity index (χ4v) is 5.18. The summed E-state index contributed by atoms with van der Waals surface area (Å²) in [6.07, 6.45) is 0. The zero-order valence-electron chi connectivity index (χ0n) is 21.5. The Balaban J connectivity index is 1.51. The Hall–Kier alpha value is -4.42. The average molecular weight is 585 g/mol. The third-order valence-electron chi connectivity index (χ3n) is 6.07. The molecule has 0 saturated carbocycles. The number of hydrogen-bond acceptors (Lipinski definition) is 8. The molecule has 11 nitrogen and oxygen atoms in total. The normalized spacial score (nSPS) is 16.4. The van der Waals surface area contributed by atoms with Crippen LogP contribution in [0.25, 0.3) is 11.1 Å². The summed E-state index contributed by atoms with van der Waals surface area (Å²) >= 11 is 7.10. The molecule has 4 N–H and O–H groups in total. The highest BCUT2D eigenvalue weighted by Gasteiger charge is 2.49. The molecule has 0 radical (unpaired) electrons. The average Bonchev–Trinajstić information content (AvgIpc) is 3.42. The first-order chi connectivity index (χ1) is 19.0. The van der Waals surface area contributed by atoms with E-state index in [-0.39, 0.29) is 23.8 Å². The van der Waals surface area contributed by atoms with E-state index >= 15 is 0 Å². The number of esters is 1. The first-order valence-corrected chi connectivity index (χ1v) is 13.3. The lowest BCUT2D eigenvalue weighted by Gasteiger charge is -2.22. The molecular formula is C27H25ClN4O7S. The van der Waals surface area contributed by atoms with E-state index in [1.807, 2.05) is 0 Å². The zero-order chi connectivity index (χ0) is 29.0. The smallest absolute Gasteiger partial charge is 0.341 e. The van der Waals surface area contributed by atoms with Crippen LogP contribution in [0, 0.1) is 0 Å². The van der Waals surface area contributed by atoms with Crippen LogP contribution in [0.15, 0.2) is 53.9 Å². The van der Waals surface area contributed by atoms with Crippen LogP contribution >= 0.6 is 22.9 Å². The summed E-state index contributed by atoms with van der Waals surface area (Å²) in [7, 11) is 0. The second-order valence-corrected chi connectivity index (χ2v) is 10.2. The highest BCUT2D eigenvalue weighted by Crippen LogP contribution is 2.37. The van der Waals surface area contributed by atoms with Crippen molar-refractivity contribution in [2.24, 2.45) is 5.73 Å². The predicted molar refractivity (Wildman–Crippen MR) is 148 cm³/mol. The maximum Gasteiger partial charge on any atom is 0.341 e. The molecule has 4 rings (SSSR count). The van der Waals surface area contributed by atoms with Gasteiger partial charge in [0.15, 0.2) is 6.61 Å². The van der Waals surface area contributed by atoms with Crippen molar-refractivity contribution >= 4 is 57.7 Å². The van der Waals surface area contributed by atoms with E-state index in [4.69, 9.17) is 26.8 Å². The van der Waals surface area contributed by atoms with E-state index in [1.165, 1.54) is 19.1 Å². The summed E-state index contributed by atoms with van der Waals surface area (Å²) in [6, 6.07) is 12.3. The van der Waals surface area contributed by atoms with Gasteiger partial charge in [0.05, 0.1) is 6.61 Å². The zero-order valence-corrected chi connectivity index (χ0v) is 23.1. The molecule has 0 spiro atoms. The van der Waals surface area contributed by atoms with E-state index in [0.29, 0.717) is 27.5 Å². The molecule has 5 amide bonds. The van der Waals surface area contributed by atoms with Gasteiger partial charge in [-0.05, 0) is 49.2 Å². The van der Waals surface area contributed by atoms with Gasteiger partial charge in [-0.25, -0.2) is 9.59 Å². The van der Waals surface area contributed by atoms with Gasteiger partial charge < -0.3 is 25.8 Å². The number of ether oxygens (including phenoxy) is 2. The first kappa shape index (κ1) is 28.6. The van der Waals surface area contributed by atoms with Crippen molar-refractivity contribution in [3.63, 3.8) is 0 Å². The number of thiophene rings is 1. The van der Waals surface area contributed by atoms with Gasteiger partial charge in [0, 0.05) is 16.0 Å². The molecule has 1 atom stereocenters. The lowest BCUT2D eigenvalue weighted by atomic mass is 9.92. The summed E-state index contributed by atoms with van der Waals surface area (Å²) in [5.74, 6) is -2.24. The number of nitrogens with two attached hydrogens (primary N) is 1. The van der Waals surface area contributed by atoms with E-state index in [2.05, 4.69) is 10.6 Å². The summed E-state index contributed by atoms with van der Waals surface area (Å²) in [4.78, 5) is 63.5. The van der Waals surface area contributed by atoms with Crippen molar-refractivity contribution < 1.29 is 33.4 Å². The second-order valence-electron chi connectivity index (χ2n) is 8.85. The van der Waals surface area contributed by atoms with Gasteiger partial charge in [0.1, 0.15) is 28.4 Å². The van der Waals surface area contributed by atoms with Crippen LogP contribution < -0.4 is 21.1 Å². The Morgan fingerprint density at radius 2 is 1.77 bits per heavy atom.